The maximum atomic E-state index is 4.76. The van der Waals surface area contributed by atoms with Crippen LogP contribution in [0.15, 0.2) is 49.1 Å². The third-order valence-corrected chi connectivity index (χ3v) is 4.18. The zero-order valence-corrected chi connectivity index (χ0v) is 14.9. The summed E-state index contributed by atoms with van der Waals surface area (Å²) in [4.78, 5) is 13.5. The molecule has 0 amide bonds. The highest BCUT2D eigenvalue weighted by atomic mass is 15.3. The molecule has 4 aromatic heterocycles. The normalized spacial score (nSPS) is 11.6. The minimum Gasteiger partial charge on any atom is -0.331 e. The van der Waals surface area contributed by atoms with Gasteiger partial charge in [-0.3, -0.25) is 4.98 Å². The molecule has 4 rings (SSSR count). The Bertz CT molecular complexity index is 1060. The van der Waals surface area contributed by atoms with Gasteiger partial charge in [0.1, 0.15) is 5.82 Å². The highest BCUT2D eigenvalue weighted by molar-refractivity contribution is 5.67. The van der Waals surface area contributed by atoms with E-state index in [-0.39, 0.29) is 0 Å². The van der Waals surface area contributed by atoms with Crippen molar-refractivity contribution in [3.8, 4) is 11.3 Å². The molecule has 0 saturated carbocycles. The topological polar surface area (TPSA) is 60.9 Å². The van der Waals surface area contributed by atoms with Crippen molar-refractivity contribution in [1.82, 2.24) is 29.1 Å². The number of imidazole rings is 1. The standard InChI is InChI=1S/C20H20N6/c1-3-11-25-14-17(16-7-4-10-21-13-16)22-19(25)9-8-18-23-20-15(2)6-5-12-26(20)24-18/h4-10,12-14H,3,11H2,1-2H3/b9-8+. The van der Waals surface area contributed by atoms with Crippen molar-refractivity contribution in [1.29, 1.82) is 0 Å². The lowest BCUT2D eigenvalue weighted by atomic mass is 10.2. The van der Waals surface area contributed by atoms with E-state index < -0.39 is 0 Å². The number of hydrogen-bond donors (Lipinski definition) is 0. The molecule has 0 spiro atoms. The first-order chi connectivity index (χ1) is 12.7. The smallest absolute Gasteiger partial charge is 0.175 e. The second-order valence-electron chi connectivity index (χ2n) is 6.18. The summed E-state index contributed by atoms with van der Waals surface area (Å²) in [7, 11) is 0. The van der Waals surface area contributed by atoms with Crippen molar-refractivity contribution in [2.75, 3.05) is 0 Å². The summed E-state index contributed by atoms with van der Waals surface area (Å²) in [6.45, 7) is 5.10. The van der Waals surface area contributed by atoms with E-state index in [4.69, 9.17) is 4.98 Å². The predicted molar refractivity (Wildman–Crippen MR) is 102 cm³/mol. The third kappa shape index (κ3) is 3.13. The van der Waals surface area contributed by atoms with Crippen LogP contribution in [0, 0.1) is 6.92 Å². The lowest BCUT2D eigenvalue weighted by Crippen LogP contribution is -1.97. The second kappa shape index (κ2) is 6.92. The van der Waals surface area contributed by atoms with E-state index in [0.29, 0.717) is 5.82 Å². The third-order valence-electron chi connectivity index (χ3n) is 4.18. The summed E-state index contributed by atoms with van der Waals surface area (Å²) in [6.07, 6.45) is 12.5. The van der Waals surface area contributed by atoms with E-state index in [9.17, 15) is 0 Å². The Balaban J connectivity index is 1.68. The van der Waals surface area contributed by atoms with Gasteiger partial charge in [-0.2, -0.15) is 0 Å². The monoisotopic (exact) mass is 344 g/mol. The van der Waals surface area contributed by atoms with E-state index in [2.05, 4.69) is 32.8 Å². The zero-order valence-electron chi connectivity index (χ0n) is 14.9. The van der Waals surface area contributed by atoms with E-state index >= 15 is 0 Å². The van der Waals surface area contributed by atoms with Gasteiger partial charge < -0.3 is 4.57 Å². The molecule has 0 saturated heterocycles. The summed E-state index contributed by atoms with van der Waals surface area (Å²) >= 11 is 0. The fourth-order valence-electron chi connectivity index (χ4n) is 2.91. The van der Waals surface area contributed by atoms with Gasteiger partial charge in [-0.1, -0.05) is 13.0 Å². The Hall–Kier alpha value is -3.28. The quantitative estimate of drug-likeness (QED) is 0.551. The molecule has 0 atom stereocenters. The number of aromatic nitrogens is 6. The average molecular weight is 344 g/mol. The molecule has 6 heteroatoms. The molecule has 0 aliphatic heterocycles. The SMILES string of the molecule is CCCn1cc(-c2cccnc2)nc1/C=C/c1nc2c(C)cccn2n1. The van der Waals surface area contributed by atoms with Crippen LogP contribution in [0.25, 0.3) is 29.1 Å². The molecule has 0 N–H and O–H groups in total. The predicted octanol–water partition coefficient (Wildman–Crippen LogP) is 3.88. The van der Waals surface area contributed by atoms with Crippen LogP contribution in [0.3, 0.4) is 0 Å². The maximum Gasteiger partial charge on any atom is 0.175 e. The van der Waals surface area contributed by atoms with E-state index in [1.165, 1.54) is 0 Å². The van der Waals surface area contributed by atoms with Gasteiger partial charge in [-0.25, -0.2) is 14.5 Å². The molecule has 0 aromatic carbocycles. The molecule has 0 aliphatic rings. The lowest BCUT2D eigenvalue weighted by Gasteiger charge is -2.00. The van der Waals surface area contributed by atoms with Crippen LogP contribution in [0.1, 0.15) is 30.6 Å². The minimum atomic E-state index is 0.674. The fourth-order valence-corrected chi connectivity index (χ4v) is 2.91. The van der Waals surface area contributed by atoms with Gasteiger partial charge in [0.05, 0.1) is 5.69 Å². The van der Waals surface area contributed by atoms with Crippen LogP contribution in [-0.4, -0.2) is 29.1 Å². The Morgan fingerprint density at radius 2 is 2.04 bits per heavy atom. The van der Waals surface area contributed by atoms with Crippen LogP contribution in [0.2, 0.25) is 0 Å². The average Bonchev–Trinajstić information content (AvgIpc) is 3.26. The first-order valence-corrected chi connectivity index (χ1v) is 8.72. The highest BCUT2D eigenvalue weighted by Crippen LogP contribution is 2.19. The zero-order chi connectivity index (χ0) is 17.9. The molecule has 0 aliphatic carbocycles. The molecule has 0 bridgehead atoms. The second-order valence-corrected chi connectivity index (χ2v) is 6.18. The molecule has 0 fully saturated rings. The van der Waals surface area contributed by atoms with Crippen molar-refractivity contribution >= 4 is 17.8 Å². The first kappa shape index (κ1) is 16.2. The van der Waals surface area contributed by atoms with Gasteiger partial charge in [0.15, 0.2) is 11.5 Å². The van der Waals surface area contributed by atoms with Crippen molar-refractivity contribution in [3.63, 3.8) is 0 Å². The van der Waals surface area contributed by atoms with Crippen molar-refractivity contribution in [2.24, 2.45) is 0 Å². The Labute approximate surface area is 151 Å². The molecular formula is C20H20N6. The van der Waals surface area contributed by atoms with Crippen molar-refractivity contribution in [3.05, 3.63) is 66.3 Å². The molecule has 4 heterocycles. The van der Waals surface area contributed by atoms with Crippen molar-refractivity contribution < 1.29 is 0 Å². The summed E-state index contributed by atoms with van der Waals surface area (Å²) in [5.74, 6) is 1.56. The molecule has 0 radical (unpaired) electrons. The molecule has 0 unspecified atom stereocenters. The maximum absolute atomic E-state index is 4.76. The highest BCUT2D eigenvalue weighted by Gasteiger charge is 2.08. The number of hydrogen-bond acceptors (Lipinski definition) is 4. The van der Waals surface area contributed by atoms with E-state index in [1.807, 2.05) is 55.7 Å². The van der Waals surface area contributed by atoms with Crippen LogP contribution in [-0.2, 0) is 6.54 Å². The first-order valence-electron chi connectivity index (χ1n) is 8.72. The van der Waals surface area contributed by atoms with Gasteiger partial charge in [-0.05, 0) is 49.3 Å². The molecule has 4 aromatic rings. The van der Waals surface area contributed by atoms with Crippen LogP contribution >= 0.6 is 0 Å². The van der Waals surface area contributed by atoms with Crippen LogP contribution < -0.4 is 0 Å². The number of rotatable bonds is 5. The summed E-state index contributed by atoms with van der Waals surface area (Å²) in [6, 6.07) is 7.95. The van der Waals surface area contributed by atoms with E-state index in [1.54, 1.807) is 10.7 Å². The Kier molecular flexibility index (Phi) is 4.31. The van der Waals surface area contributed by atoms with Gasteiger partial charge in [0.2, 0.25) is 0 Å². The van der Waals surface area contributed by atoms with Crippen molar-refractivity contribution in [2.45, 2.75) is 26.8 Å². The molecule has 6 nitrogen and oxygen atoms in total. The number of nitrogens with zero attached hydrogens (tertiary/aromatic N) is 6. The van der Waals surface area contributed by atoms with Gasteiger partial charge in [-0.15, -0.1) is 5.10 Å². The van der Waals surface area contributed by atoms with Gasteiger partial charge in [0.25, 0.3) is 0 Å². The molecule has 26 heavy (non-hydrogen) atoms. The number of pyridine rings is 2. The van der Waals surface area contributed by atoms with Gasteiger partial charge in [0, 0.05) is 36.9 Å². The van der Waals surface area contributed by atoms with E-state index in [0.717, 1.165) is 41.3 Å². The minimum absolute atomic E-state index is 0.674. The Morgan fingerprint density at radius 3 is 2.81 bits per heavy atom. The number of fused-ring (bicyclic) bond motifs is 1. The lowest BCUT2D eigenvalue weighted by molar-refractivity contribution is 0.672. The molecular weight excluding hydrogens is 324 g/mol. The van der Waals surface area contributed by atoms with Crippen LogP contribution in [0.5, 0.6) is 0 Å². The fraction of sp³-hybridized carbons (Fsp3) is 0.200. The molecule has 130 valence electrons. The summed E-state index contributed by atoms with van der Waals surface area (Å²) < 4.78 is 3.95. The summed E-state index contributed by atoms with van der Waals surface area (Å²) in [5.41, 5.74) is 3.91. The largest absolute Gasteiger partial charge is 0.331 e. The van der Waals surface area contributed by atoms with Crippen LogP contribution in [0.4, 0.5) is 0 Å². The summed E-state index contributed by atoms with van der Waals surface area (Å²) in [5, 5.41) is 4.50. The number of aryl methyl sites for hydroxylation is 2. The Morgan fingerprint density at radius 1 is 1.12 bits per heavy atom. The van der Waals surface area contributed by atoms with Gasteiger partial charge >= 0.3 is 0 Å².